The molecule has 0 aromatic heterocycles. The topological polar surface area (TPSA) is 46.3 Å². The molecule has 0 saturated carbocycles. The minimum atomic E-state index is -1.55. The van der Waals surface area contributed by atoms with E-state index in [-0.39, 0.29) is 5.56 Å². The van der Waals surface area contributed by atoms with Gasteiger partial charge in [-0.15, -0.1) is 0 Å². The molecule has 1 heterocycles. The summed E-state index contributed by atoms with van der Waals surface area (Å²) in [6.45, 7) is 1.61. The van der Waals surface area contributed by atoms with Gasteiger partial charge >= 0.3 is 0 Å². The SMILES string of the molecule is NCCC1CCCN(C(=O)c2cc(F)c(F)c(F)c2)C1. The summed E-state index contributed by atoms with van der Waals surface area (Å²) in [6.07, 6.45) is 2.64. The molecule has 1 fully saturated rings. The molecule has 110 valence electrons. The van der Waals surface area contributed by atoms with Crippen LogP contribution in [0.15, 0.2) is 12.1 Å². The van der Waals surface area contributed by atoms with Crippen LogP contribution in [0.1, 0.15) is 29.6 Å². The number of carbonyl (C=O) groups is 1. The zero-order valence-corrected chi connectivity index (χ0v) is 11.0. The Balaban J connectivity index is 2.14. The van der Waals surface area contributed by atoms with E-state index in [9.17, 15) is 18.0 Å². The van der Waals surface area contributed by atoms with Gasteiger partial charge in [-0.2, -0.15) is 0 Å². The number of amides is 1. The van der Waals surface area contributed by atoms with E-state index in [2.05, 4.69) is 0 Å². The van der Waals surface area contributed by atoms with Crippen LogP contribution >= 0.6 is 0 Å². The molecule has 1 atom stereocenters. The van der Waals surface area contributed by atoms with Crippen LogP contribution in [0.4, 0.5) is 13.2 Å². The Morgan fingerprint density at radius 3 is 2.55 bits per heavy atom. The first-order chi connectivity index (χ1) is 9.52. The van der Waals surface area contributed by atoms with E-state index in [0.717, 1.165) is 31.4 Å². The van der Waals surface area contributed by atoms with Crippen LogP contribution < -0.4 is 5.73 Å². The van der Waals surface area contributed by atoms with Gasteiger partial charge in [-0.1, -0.05) is 0 Å². The van der Waals surface area contributed by atoms with E-state index < -0.39 is 23.4 Å². The summed E-state index contributed by atoms with van der Waals surface area (Å²) in [5, 5.41) is 0. The molecule has 1 saturated heterocycles. The third-order valence-corrected chi connectivity index (χ3v) is 3.61. The van der Waals surface area contributed by atoms with Crippen molar-refractivity contribution in [2.45, 2.75) is 19.3 Å². The third-order valence-electron chi connectivity index (χ3n) is 3.61. The summed E-state index contributed by atoms with van der Waals surface area (Å²) >= 11 is 0. The maximum atomic E-state index is 13.2. The van der Waals surface area contributed by atoms with Gasteiger partial charge in [-0.25, -0.2) is 13.2 Å². The van der Waals surface area contributed by atoms with Crippen molar-refractivity contribution in [1.82, 2.24) is 4.90 Å². The first-order valence-electron chi connectivity index (χ1n) is 6.66. The van der Waals surface area contributed by atoms with Crippen LogP contribution in [0, 0.1) is 23.4 Å². The molecule has 20 heavy (non-hydrogen) atoms. The molecule has 0 bridgehead atoms. The Morgan fingerprint density at radius 1 is 1.30 bits per heavy atom. The molecule has 0 aliphatic carbocycles. The molecule has 0 spiro atoms. The van der Waals surface area contributed by atoms with Crippen molar-refractivity contribution >= 4 is 5.91 Å². The average Bonchev–Trinajstić information content (AvgIpc) is 2.44. The van der Waals surface area contributed by atoms with Crippen molar-refractivity contribution in [3.63, 3.8) is 0 Å². The summed E-state index contributed by atoms with van der Waals surface area (Å²) in [4.78, 5) is 13.8. The Kier molecular flexibility index (Phi) is 4.65. The van der Waals surface area contributed by atoms with E-state index >= 15 is 0 Å². The lowest BCUT2D eigenvalue weighted by Crippen LogP contribution is -2.40. The molecule has 1 unspecified atom stereocenters. The number of hydrogen-bond donors (Lipinski definition) is 1. The molecule has 2 N–H and O–H groups in total. The number of hydrogen-bond acceptors (Lipinski definition) is 2. The largest absolute Gasteiger partial charge is 0.338 e. The second-order valence-corrected chi connectivity index (χ2v) is 5.09. The van der Waals surface area contributed by atoms with Gasteiger partial charge in [0.1, 0.15) is 0 Å². The van der Waals surface area contributed by atoms with E-state index in [1.165, 1.54) is 0 Å². The number of carbonyl (C=O) groups excluding carboxylic acids is 1. The van der Waals surface area contributed by atoms with Crippen molar-refractivity contribution in [3.05, 3.63) is 35.1 Å². The Hall–Kier alpha value is -1.56. The molecule has 1 aromatic carbocycles. The zero-order chi connectivity index (χ0) is 14.7. The number of nitrogens with zero attached hydrogens (tertiary/aromatic N) is 1. The van der Waals surface area contributed by atoms with Crippen LogP contribution in [0.25, 0.3) is 0 Å². The van der Waals surface area contributed by atoms with E-state index in [1.54, 1.807) is 4.90 Å². The lowest BCUT2D eigenvalue weighted by molar-refractivity contribution is 0.0668. The number of benzene rings is 1. The fraction of sp³-hybridized carbons (Fsp3) is 0.500. The smallest absolute Gasteiger partial charge is 0.254 e. The summed E-state index contributed by atoms with van der Waals surface area (Å²) < 4.78 is 39.2. The number of likely N-dealkylation sites (tertiary alicyclic amines) is 1. The minimum absolute atomic E-state index is 0.158. The van der Waals surface area contributed by atoms with Gasteiger partial charge < -0.3 is 10.6 Å². The van der Waals surface area contributed by atoms with Gasteiger partial charge in [-0.05, 0) is 43.9 Å². The molecule has 1 aromatic rings. The molecule has 1 aliphatic rings. The molecule has 1 amide bonds. The molecule has 6 heteroatoms. The predicted octanol–water partition coefficient (Wildman–Crippen LogP) is 2.30. The molecule has 1 aliphatic heterocycles. The zero-order valence-electron chi connectivity index (χ0n) is 11.0. The highest BCUT2D eigenvalue weighted by Crippen LogP contribution is 2.22. The lowest BCUT2D eigenvalue weighted by Gasteiger charge is -2.32. The van der Waals surface area contributed by atoms with Gasteiger partial charge in [0, 0.05) is 18.7 Å². The second-order valence-electron chi connectivity index (χ2n) is 5.09. The van der Waals surface area contributed by atoms with E-state index in [0.29, 0.717) is 25.6 Å². The van der Waals surface area contributed by atoms with Crippen molar-refractivity contribution in [1.29, 1.82) is 0 Å². The number of halogens is 3. The van der Waals surface area contributed by atoms with Crippen molar-refractivity contribution < 1.29 is 18.0 Å². The van der Waals surface area contributed by atoms with Gasteiger partial charge in [0.05, 0.1) is 0 Å². The van der Waals surface area contributed by atoms with Gasteiger partial charge in [-0.3, -0.25) is 4.79 Å². The lowest BCUT2D eigenvalue weighted by atomic mass is 9.94. The molecular weight excluding hydrogens is 269 g/mol. The van der Waals surface area contributed by atoms with Crippen LogP contribution in [-0.4, -0.2) is 30.4 Å². The van der Waals surface area contributed by atoms with Gasteiger partial charge in [0.2, 0.25) is 0 Å². The Labute approximate surface area is 115 Å². The standard InChI is InChI=1S/C14H17F3N2O/c15-11-6-10(7-12(16)13(11)17)14(20)19-5-1-2-9(8-19)3-4-18/h6-7,9H,1-5,8,18H2. The number of nitrogens with two attached hydrogens (primary N) is 1. The fourth-order valence-electron chi connectivity index (χ4n) is 2.58. The highest BCUT2D eigenvalue weighted by molar-refractivity contribution is 5.94. The molecule has 2 rings (SSSR count). The van der Waals surface area contributed by atoms with E-state index in [4.69, 9.17) is 5.73 Å². The normalized spacial score (nSPS) is 19.2. The third kappa shape index (κ3) is 3.12. The summed E-state index contributed by atoms with van der Waals surface area (Å²) in [7, 11) is 0. The first-order valence-corrected chi connectivity index (χ1v) is 6.66. The number of piperidine rings is 1. The van der Waals surface area contributed by atoms with Crippen LogP contribution in [0.3, 0.4) is 0 Å². The minimum Gasteiger partial charge on any atom is -0.338 e. The van der Waals surface area contributed by atoms with Crippen LogP contribution in [0.2, 0.25) is 0 Å². The quantitative estimate of drug-likeness (QED) is 0.867. The summed E-state index contributed by atoms with van der Waals surface area (Å²) in [5.41, 5.74) is 5.35. The monoisotopic (exact) mass is 286 g/mol. The highest BCUT2D eigenvalue weighted by Gasteiger charge is 2.25. The summed E-state index contributed by atoms with van der Waals surface area (Å²) in [5.74, 6) is -4.40. The highest BCUT2D eigenvalue weighted by atomic mass is 19.2. The molecular formula is C14H17F3N2O. The summed E-state index contributed by atoms with van der Waals surface area (Å²) in [6, 6.07) is 1.49. The first kappa shape index (κ1) is 14.8. The maximum absolute atomic E-state index is 13.2. The van der Waals surface area contributed by atoms with Crippen LogP contribution in [-0.2, 0) is 0 Å². The van der Waals surface area contributed by atoms with Crippen molar-refractivity contribution in [2.24, 2.45) is 11.7 Å². The predicted molar refractivity (Wildman–Crippen MR) is 68.6 cm³/mol. The second kappa shape index (κ2) is 6.26. The Morgan fingerprint density at radius 2 is 1.95 bits per heavy atom. The Bertz CT molecular complexity index is 482. The number of rotatable bonds is 3. The molecule has 3 nitrogen and oxygen atoms in total. The molecule has 0 radical (unpaired) electrons. The van der Waals surface area contributed by atoms with E-state index in [1.807, 2.05) is 0 Å². The van der Waals surface area contributed by atoms with Crippen LogP contribution in [0.5, 0.6) is 0 Å². The fourth-order valence-corrected chi connectivity index (χ4v) is 2.58. The maximum Gasteiger partial charge on any atom is 0.254 e. The van der Waals surface area contributed by atoms with Gasteiger partial charge in [0.15, 0.2) is 17.5 Å². The van der Waals surface area contributed by atoms with Crippen molar-refractivity contribution in [3.8, 4) is 0 Å². The van der Waals surface area contributed by atoms with Crippen molar-refractivity contribution in [2.75, 3.05) is 19.6 Å². The average molecular weight is 286 g/mol. The van der Waals surface area contributed by atoms with Gasteiger partial charge in [0.25, 0.3) is 5.91 Å².